The van der Waals surface area contributed by atoms with Gasteiger partial charge in [0.2, 0.25) is 0 Å². The molecule has 14 heavy (non-hydrogen) atoms. The van der Waals surface area contributed by atoms with Crippen LogP contribution in [0.15, 0.2) is 0 Å². The summed E-state index contributed by atoms with van der Waals surface area (Å²) in [5, 5.41) is 3.38. The molecule has 0 aromatic rings. The van der Waals surface area contributed by atoms with Crippen LogP contribution in [0.2, 0.25) is 0 Å². The third-order valence-corrected chi connectivity index (χ3v) is 3.60. The molecule has 0 amide bonds. The van der Waals surface area contributed by atoms with E-state index in [1.807, 2.05) is 11.8 Å². The maximum atomic E-state index is 5.60. The zero-order chi connectivity index (χ0) is 10.1. The van der Waals surface area contributed by atoms with Crippen molar-refractivity contribution in [1.82, 2.24) is 5.32 Å². The van der Waals surface area contributed by atoms with Crippen LogP contribution in [0.3, 0.4) is 0 Å². The van der Waals surface area contributed by atoms with Crippen LogP contribution < -0.4 is 5.32 Å². The Hall–Kier alpha value is 0.270. The summed E-state index contributed by atoms with van der Waals surface area (Å²) in [5.41, 5.74) is 0. The molecule has 1 aliphatic heterocycles. The van der Waals surface area contributed by atoms with Gasteiger partial charge in [0.05, 0.1) is 0 Å². The molecule has 1 atom stereocenters. The maximum absolute atomic E-state index is 5.60. The molecule has 0 saturated carbocycles. The molecule has 84 valence electrons. The first-order valence-electron chi connectivity index (χ1n) is 5.79. The zero-order valence-corrected chi connectivity index (χ0v) is 10.1. The minimum Gasteiger partial charge on any atom is -0.381 e. The smallest absolute Gasteiger partial charge is 0.0473 e. The van der Waals surface area contributed by atoms with Gasteiger partial charge in [-0.15, -0.1) is 0 Å². The third kappa shape index (κ3) is 5.89. The summed E-state index contributed by atoms with van der Waals surface area (Å²) in [6.07, 6.45) is 3.80. The van der Waals surface area contributed by atoms with Gasteiger partial charge in [-0.3, -0.25) is 0 Å². The van der Waals surface area contributed by atoms with Crippen LogP contribution >= 0.6 is 11.8 Å². The number of thioether (sulfide) groups is 1. The van der Waals surface area contributed by atoms with Crippen LogP contribution in [0, 0.1) is 5.92 Å². The monoisotopic (exact) mass is 217 g/mol. The van der Waals surface area contributed by atoms with Crippen molar-refractivity contribution in [2.24, 2.45) is 5.92 Å². The third-order valence-electron chi connectivity index (χ3n) is 2.61. The van der Waals surface area contributed by atoms with E-state index >= 15 is 0 Å². The van der Waals surface area contributed by atoms with Gasteiger partial charge in [-0.05, 0) is 49.8 Å². The fourth-order valence-corrected chi connectivity index (χ4v) is 2.33. The van der Waals surface area contributed by atoms with Gasteiger partial charge >= 0.3 is 0 Å². The highest BCUT2D eigenvalue weighted by Crippen LogP contribution is 2.11. The summed E-state index contributed by atoms with van der Waals surface area (Å²) in [4.78, 5) is 0. The van der Waals surface area contributed by atoms with Crippen LogP contribution in [-0.2, 0) is 4.74 Å². The lowest BCUT2D eigenvalue weighted by atomic mass is 10.1. The zero-order valence-electron chi connectivity index (χ0n) is 9.26. The predicted molar refractivity (Wildman–Crippen MR) is 64.0 cm³/mol. The van der Waals surface area contributed by atoms with Gasteiger partial charge in [0.15, 0.2) is 0 Å². The van der Waals surface area contributed by atoms with Crippen molar-refractivity contribution in [3.8, 4) is 0 Å². The molecule has 1 unspecified atom stereocenters. The van der Waals surface area contributed by atoms with Crippen LogP contribution in [0.1, 0.15) is 26.2 Å². The maximum Gasteiger partial charge on any atom is 0.0473 e. The summed E-state index contributed by atoms with van der Waals surface area (Å²) in [5.74, 6) is 3.36. The molecule has 0 aromatic carbocycles. The molecule has 1 saturated heterocycles. The van der Waals surface area contributed by atoms with Gasteiger partial charge in [0, 0.05) is 13.2 Å². The van der Waals surface area contributed by atoms with Crippen molar-refractivity contribution in [3.63, 3.8) is 0 Å². The summed E-state index contributed by atoms with van der Waals surface area (Å²) in [6, 6.07) is 0. The highest BCUT2D eigenvalue weighted by Gasteiger charge is 2.13. The fourth-order valence-electron chi connectivity index (χ4n) is 1.72. The molecule has 1 rings (SSSR count). The quantitative estimate of drug-likeness (QED) is 0.630. The van der Waals surface area contributed by atoms with E-state index in [9.17, 15) is 0 Å². The standard InChI is InChI=1S/C11H23NOS/c1-2-14-9-3-7-13-8-5-11-4-6-12-10-11/h11-12H,2-10H2,1H3. The topological polar surface area (TPSA) is 21.3 Å². The van der Waals surface area contributed by atoms with Crippen LogP contribution in [0.25, 0.3) is 0 Å². The molecule has 1 heterocycles. The minimum atomic E-state index is 0.875. The molecule has 2 nitrogen and oxygen atoms in total. The Kier molecular flexibility index (Phi) is 7.55. The highest BCUT2D eigenvalue weighted by molar-refractivity contribution is 7.99. The minimum absolute atomic E-state index is 0.875. The lowest BCUT2D eigenvalue weighted by Crippen LogP contribution is -2.11. The second-order valence-electron chi connectivity index (χ2n) is 3.81. The first-order chi connectivity index (χ1) is 6.93. The summed E-state index contributed by atoms with van der Waals surface area (Å²) in [7, 11) is 0. The van der Waals surface area contributed by atoms with Gasteiger partial charge in [-0.2, -0.15) is 11.8 Å². The van der Waals surface area contributed by atoms with Crippen molar-refractivity contribution in [2.75, 3.05) is 37.8 Å². The van der Waals surface area contributed by atoms with Gasteiger partial charge in [-0.25, -0.2) is 0 Å². The Bertz CT molecular complexity index is 126. The summed E-state index contributed by atoms with van der Waals surface area (Å²) in [6.45, 7) is 6.53. The SMILES string of the molecule is CCSCCCOCCC1CCNC1. The average molecular weight is 217 g/mol. The van der Waals surface area contributed by atoms with E-state index in [1.54, 1.807) is 0 Å². The molecule has 1 N–H and O–H groups in total. The van der Waals surface area contributed by atoms with E-state index in [4.69, 9.17) is 4.74 Å². The molecule has 0 bridgehead atoms. The summed E-state index contributed by atoms with van der Waals surface area (Å²) >= 11 is 2.00. The Labute approximate surface area is 92.2 Å². The van der Waals surface area contributed by atoms with E-state index in [1.165, 1.54) is 43.9 Å². The second-order valence-corrected chi connectivity index (χ2v) is 5.20. The second kappa shape index (κ2) is 8.57. The number of hydrogen-bond acceptors (Lipinski definition) is 3. The molecule has 0 radical (unpaired) electrons. The van der Waals surface area contributed by atoms with E-state index in [0.29, 0.717) is 0 Å². The number of hydrogen-bond donors (Lipinski definition) is 1. The van der Waals surface area contributed by atoms with Crippen molar-refractivity contribution in [2.45, 2.75) is 26.2 Å². The normalized spacial score (nSPS) is 21.6. The Morgan fingerprint density at radius 2 is 2.36 bits per heavy atom. The lowest BCUT2D eigenvalue weighted by Gasteiger charge is -2.08. The molecule has 3 heteroatoms. The van der Waals surface area contributed by atoms with Crippen molar-refractivity contribution < 1.29 is 4.74 Å². The van der Waals surface area contributed by atoms with Crippen LogP contribution in [0.5, 0.6) is 0 Å². The van der Waals surface area contributed by atoms with Gasteiger partial charge in [0.25, 0.3) is 0 Å². The number of rotatable bonds is 8. The molecule has 1 fully saturated rings. The predicted octanol–water partition coefficient (Wildman–Crippen LogP) is 2.15. The number of ether oxygens (including phenoxy) is 1. The van der Waals surface area contributed by atoms with E-state index in [2.05, 4.69) is 12.2 Å². The first-order valence-corrected chi connectivity index (χ1v) is 6.95. The van der Waals surface area contributed by atoms with E-state index < -0.39 is 0 Å². The van der Waals surface area contributed by atoms with Crippen molar-refractivity contribution in [1.29, 1.82) is 0 Å². The Morgan fingerprint density at radius 3 is 3.07 bits per heavy atom. The average Bonchev–Trinajstić information content (AvgIpc) is 2.69. The first kappa shape index (κ1) is 12.3. The molecular weight excluding hydrogens is 194 g/mol. The molecule has 0 aromatic heterocycles. The van der Waals surface area contributed by atoms with Gasteiger partial charge in [0.1, 0.15) is 0 Å². The highest BCUT2D eigenvalue weighted by atomic mass is 32.2. The fraction of sp³-hybridized carbons (Fsp3) is 1.00. The van der Waals surface area contributed by atoms with Crippen LogP contribution in [-0.4, -0.2) is 37.8 Å². The Balaban J connectivity index is 1.75. The molecule has 0 aliphatic carbocycles. The summed E-state index contributed by atoms with van der Waals surface area (Å²) < 4.78 is 5.60. The van der Waals surface area contributed by atoms with Gasteiger partial charge < -0.3 is 10.1 Å². The largest absolute Gasteiger partial charge is 0.381 e. The molecule has 1 aliphatic rings. The molecule has 0 spiro atoms. The van der Waals surface area contributed by atoms with Crippen LogP contribution in [0.4, 0.5) is 0 Å². The van der Waals surface area contributed by atoms with Crippen molar-refractivity contribution >= 4 is 11.8 Å². The lowest BCUT2D eigenvalue weighted by molar-refractivity contribution is 0.123. The molecular formula is C11H23NOS. The Morgan fingerprint density at radius 1 is 1.43 bits per heavy atom. The number of nitrogens with one attached hydrogen (secondary N) is 1. The van der Waals surface area contributed by atoms with Gasteiger partial charge in [-0.1, -0.05) is 6.92 Å². The van der Waals surface area contributed by atoms with Crippen molar-refractivity contribution in [3.05, 3.63) is 0 Å². The van der Waals surface area contributed by atoms with E-state index in [-0.39, 0.29) is 0 Å². The van der Waals surface area contributed by atoms with E-state index in [0.717, 1.165) is 19.1 Å².